The Kier molecular flexibility index (Phi) is 4.62. The molecular formula is C12H17BrN2O. The molecule has 1 aromatic rings. The molecule has 4 heteroatoms. The number of ketones is 1. The number of nitrogens with two attached hydrogens (primary N) is 1. The summed E-state index contributed by atoms with van der Waals surface area (Å²) in [5, 5.41) is 0. The van der Waals surface area contributed by atoms with Crippen LogP contribution in [0.2, 0.25) is 0 Å². The van der Waals surface area contributed by atoms with Gasteiger partial charge in [0.05, 0.1) is 12.0 Å². The molecule has 0 saturated heterocycles. The monoisotopic (exact) mass is 284 g/mol. The highest BCUT2D eigenvalue weighted by molar-refractivity contribution is 9.10. The predicted octanol–water partition coefficient (Wildman–Crippen LogP) is 2.47. The van der Waals surface area contributed by atoms with Gasteiger partial charge in [0, 0.05) is 16.4 Å². The molecule has 1 aromatic heterocycles. The van der Waals surface area contributed by atoms with Crippen molar-refractivity contribution in [2.45, 2.75) is 38.6 Å². The Morgan fingerprint density at radius 3 is 2.75 bits per heavy atom. The summed E-state index contributed by atoms with van der Waals surface area (Å²) in [4.78, 5) is 16.1. The summed E-state index contributed by atoms with van der Waals surface area (Å²) in [7, 11) is 0. The highest BCUT2D eigenvalue weighted by Gasteiger charge is 2.26. The van der Waals surface area contributed by atoms with Crippen molar-refractivity contribution in [2.24, 2.45) is 5.73 Å². The lowest BCUT2D eigenvalue weighted by atomic mass is 9.90. The van der Waals surface area contributed by atoms with Gasteiger partial charge in [0.2, 0.25) is 0 Å². The summed E-state index contributed by atoms with van der Waals surface area (Å²) < 4.78 is 0.910. The molecule has 0 aliphatic rings. The number of hydrogen-bond acceptors (Lipinski definition) is 3. The Balaban J connectivity index is 2.67. The molecule has 0 fully saturated rings. The number of rotatable bonds is 5. The maximum atomic E-state index is 11.9. The molecule has 88 valence electrons. The van der Waals surface area contributed by atoms with Gasteiger partial charge < -0.3 is 5.73 Å². The van der Waals surface area contributed by atoms with Crippen LogP contribution in [0.1, 0.15) is 32.4 Å². The first kappa shape index (κ1) is 13.3. The first-order valence-electron chi connectivity index (χ1n) is 5.38. The lowest BCUT2D eigenvalue weighted by molar-refractivity contribution is -0.123. The molecule has 0 aliphatic heterocycles. The molecule has 0 spiro atoms. The molecule has 2 N–H and O–H groups in total. The fourth-order valence-electron chi connectivity index (χ4n) is 1.54. The summed E-state index contributed by atoms with van der Waals surface area (Å²) >= 11 is 3.30. The number of aromatic nitrogens is 1. The van der Waals surface area contributed by atoms with Crippen LogP contribution in [0.4, 0.5) is 0 Å². The number of hydrogen-bond donors (Lipinski definition) is 1. The molecule has 0 saturated carbocycles. The Morgan fingerprint density at radius 1 is 1.56 bits per heavy atom. The largest absolute Gasteiger partial charge is 0.319 e. The average molecular weight is 285 g/mol. The van der Waals surface area contributed by atoms with Crippen LogP contribution in [0, 0.1) is 0 Å². The van der Waals surface area contributed by atoms with Gasteiger partial charge in [-0.2, -0.15) is 0 Å². The minimum atomic E-state index is -0.733. The smallest absolute Gasteiger partial charge is 0.158 e. The van der Waals surface area contributed by atoms with E-state index in [-0.39, 0.29) is 5.78 Å². The minimum absolute atomic E-state index is 0.0455. The highest BCUT2D eigenvalue weighted by atomic mass is 79.9. The van der Waals surface area contributed by atoms with Crippen LogP contribution in [0.5, 0.6) is 0 Å². The van der Waals surface area contributed by atoms with Gasteiger partial charge in [-0.1, -0.05) is 13.3 Å². The predicted molar refractivity (Wildman–Crippen MR) is 68.1 cm³/mol. The number of Topliss-reactive ketones (excluding diaryl/α,β-unsaturated/α-hetero) is 1. The Bertz CT molecular complexity index is 360. The molecule has 0 aromatic carbocycles. The van der Waals surface area contributed by atoms with Crippen molar-refractivity contribution in [3.05, 3.63) is 28.5 Å². The van der Waals surface area contributed by atoms with Gasteiger partial charge in [-0.15, -0.1) is 0 Å². The maximum Gasteiger partial charge on any atom is 0.158 e. The third-order valence-electron chi connectivity index (χ3n) is 2.54. The van der Waals surface area contributed by atoms with E-state index < -0.39 is 5.54 Å². The summed E-state index contributed by atoms with van der Waals surface area (Å²) in [5.74, 6) is 0.0455. The van der Waals surface area contributed by atoms with Gasteiger partial charge >= 0.3 is 0 Å². The van der Waals surface area contributed by atoms with Gasteiger partial charge in [0.15, 0.2) is 5.78 Å². The molecule has 1 rings (SSSR count). The van der Waals surface area contributed by atoms with E-state index in [1.807, 2.05) is 19.1 Å². The van der Waals surface area contributed by atoms with E-state index in [0.29, 0.717) is 12.8 Å². The lowest BCUT2D eigenvalue weighted by Crippen LogP contribution is -2.45. The zero-order chi connectivity index (χ0) is 12.2. The van der Waals surface area contributed by atoms with Gasteiger partial charge in [-0.3, -0.25) is 9.78 Å². The maximum absolute atomic E-state index is 11.9. The van der Waals surface area contributed by atoms with Crippen LogP contribution in [-0.4, -0.2) is 16.3 Å². The van der Waals surface area contributed by atoms with E-state index in [1.54, 1.807) is 13.1 Å². The molecule has 0 radical (unpaired) electrons. The third kappa shape index (κ3) is 3.68. The van der Waals surface area contributed by atoms with E-state index in [4.69, 9.17) is 5.73 Å². The van der Waals surface area contributed by atoms with Gasteiger partial charge in [-0.25, -0.2) is 0 Å². The topological polar surface area (TPSA) is 56.0 Å². The fraction of sp³-hybridized carbons (Fsp3) is 0.500. The normalized spacial score (nSPS) is 14.5. The van der Waals surface area contributed by atoms with E-state index >= 15 is 0 Å². The first-order valence-corrected chi connectivity index (χ1v) is 6.17. The highest BCUT2D eigenvalue weighted by Crippen LogP contribution is 2.14. The quantitative estimate of drug-likeness (QED) is 0.904. The molecule has 1 unspecified atom stereocenters. The third-order valence-corrected chi connectivity index (χ3v) is 3.01. The zero-order valence-electron chi connectivity index (χ0n) is 9.66. The molecule has 0 amide bonds. The van der Waals surface area contributed by atoms with Crippen LogP contribution in [0.3, 0.4) is 0 Å². The van der Waals surface area contributed by atoms with E-state index in [1.165, 1.54) is 0 Å². The summed E-state index contributed by atoms with van der Waals surface area (Å²) in [6, 6.07) is 3.72. The molecule has 3 nitrogen and oxygen atoms in total. The van der Waals surface area contributed by atoms with Crippen molar-refractivity contribution in [3.8, 4) is 0 Å². The first-order chi connectivity index (χ1) is 7.45. The van der Waals surface area contributed by atoms with Gasteiger partial charge in [0.1, 0.15) is 0 Å². The lowest BCUT2D eigenvalue weighted by Gasteiger charge is -2.22. The average Bonchev–Trinajstić information content (AvgIpc) is 2.21. The molecule has 16 heavy (non-hydrogen) atoms. The van der Waals surface area contributed by atoms with E-state index in [0.717, 1.165) is 16.6 Å². The summed E-state index contributed by atoms with van der Waals surface area (Å²) in [6.45, 7) is 3.81. The van der Waals surface area contributed by atoms with Crippen molar-refractivity contribution < 1.29 is 4.79 Å². The second-order valence-corrected chi connectivity index (χ2v) is 5.15. The van der Waals surface area contributed by atoms with Crippen LogP contribution >= 0.6 is 15.9 Å². The van der Waals surface area contributed by atoms with Crippen molar-refractivity contribution in [1.29, 1.82) is 0 Å². The van der Waals surface area contributed by atoms with Gasteiger partial charge in [0.25, 0.3) is 0 Å². The van der Waals surface area contributed by atoms with Crippen LogP contribution in [0.25, 0.3) is 0 Å². The van der Waals surface area contributed by atoms with Crippen molar-refractivity contribution >= 4 is 21.7 Å². The Hall–Kier alpha value is -0.740. The second kappa shape index (κ2) is 5.55. The van der Waals surface area contributed by atoms with Crippen molar-refractivity contribution in [1.82, 2.24) is 4.98 Å². The number of carbonyl (C=O) groups excluding carboxylic acids is 1. The SMILES string of the molecule is CCCC(C)(N)C(=O)Cc1ccc(Br)cn1. The van der Waals surface area contributed by atoms with Crippen LogP contribution < -0.4 is 5.73 Å². The Labute approximate surface area is 105 Å². The van der Waals surface area contributed by atoms with E-state index in [2.05, 4.69) is 20.9 Å². The van der Waals surface area contributed by atoms with Crippen LogP contribution in [0.15, 0.2) is 22.8 Å². The summed E-state index contributed by atoms with van der Waals surface area (Å²) in [5.41, 5.74) is 5.99. The standard InChI is InChI=1S/C12H17BrN2O/c1-3-6-12(2,14)11(16)7-10-5-4-9(13)8-15-10/h4-5,8H,3,6-7,14H2,1-2H3. The molecule has 0 aliphatic carbocycles. The van der Waals surface area contributed by atoms with Crippen molar-refractivity contribution in [3.63, 3.8) is 0 Å². The fourth-order valence-corrected chi connectivity index (χ4v) is 1.77. The van der Waals surface area contributed by atoms with Crippen LogP contribution in [-0.2, 0) is 11.2 Å². The number of carbonyl (C=O) groups is 1. The zero-order valence-corrected chi connectivity index (χ0v) is 11.3. The number of nitrogens with zero attached hydrogens (tertiary/aromatic N) is 1. The molecular weight excluding hydrogens is 268 g/mol. The molecule has 1 atom stereocenters. The molecule has 0 bridgehead atoms. The Morgan fingerprint density at radius 2 is 2.25 bits per heavy atom. The van der Waals surface area contributed by atoms with Crippen molar-refractivity contribution in [2.75, 3.05) is 0 Å². The molecule has 1 heterocycles. The number of halogens is 1. The minimum Gasteiger partial charge on any atom is -0.319 e. The van der Waals surface area contributed by atoms with Gasteiger partial charge in [-0.05, 0) is 41.4 Å². The van der Waals surface area contributed by atoms with E-state index in [9.17, 15) is 4.79 Å². The summed E-state index contributed by atoms with van der Waals surface area (Å²) in [6.07, 6.45) is 3.62. The second-order valence-electron chi connectivity index (χ2n) is 4.24. The number of pyridine rings is 1.